The number of benzene rings is 1. The number of hydrogen-bond donors (Lipinski definition) is 2. The van der Waals surface area contributed by atoms with Gasteiger partial charge in [0, 0.05) is 10.9 Å². The second-order valence-corrected chi connectivity index (χ2v) is 6.00. The molecule has 2 rings (SSSR count). The van der Waals surface area contributed by atoms with Crippen LogP contribution in [0.25, 0.3) is 11.3 Å². The van der Waals surface area contributed by atoms with Crippen molar-refractivity contribution < 1.29 is 13.9 Å². The summed E-state index contributed by atoms with van der Waals surface area (Å²) in [5, 5.41) is 4.86. The predicted octanol–water partition coefficient (Wildman–Crippen LogP) is 2.88. The van der Waals surface area contributed by atoms with E-state index in [1.165, 1.54) is 30.6 Å². The molecule has 1 aromatic heterocycles. The van der Waals surface area contributed by atoms with Crippen molar-refractivity contribution in [3.05, 3.63) is 29.4 Å². The summed E-state index contributed by atoms with van der Waals surface area (Å²) in [6.07, 6.45) is 0. The third kappa shape index (κ3) is 3.61. The lowest BCUT2D eigenvalue weighted by molar-refractivity contribution is -0.118. The van der Waals surface area contributed by atoms with Gasteiger partial charge in [-0.2, -0.15) is 0 Å². The summed E-state index contributed by atoms with van der Waals surface area (Å²) in [5.74, 6) is -0.525. The number of halogens is 1. The molecule has 3 N–H and O–H groups in total. The Bertz CT molecular complexity index is 673. The average Bonchev–Trinajstić information content (AvgIpc) is 2.94. The number of amides is 1. The van der Waals surface area contributed by atoms with Crippen LogP contribution in [0.5, 0.6) is 5.75 Å². The molecule has 1 heterocycles. The smallest absolute Gasteiger partial charge is 0.243 e. The number of anilines is 1. The van der Waals surface area contributed by atoms with Crippen LogP contribution in [0.3, 0.4) is 0 Å². The highest BCUT2D eigenvalue weighted by molar-refractivity contribution is 7.14. The van der Waals surface area contributed by atoms with E-state index < -0.39 is 11.9 Å². The van der Waals surface area contributed by atoms with Gasteiger partial charge in [0.1, 0.15) is 0 Å². The van der Waals surface area contributed by atoms with Crippen molar-refractivity contribution in [2.24, 2.45) is 11.7 Å². The zero-order valence-corrected chi connectivity index (χ0v) is 13.4. The van der Waals surface area contributed by atoms with Crippen molar-refractivity contribution in [3.63, 3.8) is 0 Å². The number of carbonyl (C=O) groups excluding carboxylic acids is 1. The zero-order chi connectivity index (χ0) is 16.3. The topological polar surface area (TPSA) is 77.2 Å². The summed E-state index contributed by atoms with van der Waals surface area (Å²) < 4.78 is 18.6. The number of rotatable bonds is 5. The van der Waals surface area contributed by atoms with Crippen LogP contribution in [-0.4, -0.2) is 24.0 Å². The van der Waals surface area contributed by atoms with Crippen LogP contribution in [-0.2, 0) is 4.79 Å². The van der Waals surface area contributed by atoms with Gasteiger partial charge >= 0.3 is 0 Å². The molecule has 22 heavy (non-hydrogen) atoms. The van der Waals surface area contributed by atoms with E-state index in [1.54, 1.807) is 11.4 Å². The lowest BCUT2D eigenvalue weighted by Gasteiger charge is -2.13. The highest BCUT2D eigenvalue weighted by atomic mass is 32.1. The zero-order valence-electron chi connectivity index (χ0n) is 12.6. The van der Waals surface area contributed by atoms with Crippen molar-refractivity contribution >= 4 is 22.4 Å². The van der Waals surface area contributed by atoms with E-state index in [-0.39, 0.29) is 17.6 Å². The molecule has 0 aliphatic rings. The van der Waals surface area contributed by atoms with Crippen LogP contribution in [0.1, 0.15) is 13.8 Å². The Hall–Kier alpha value is -1.99. The van der Waals surface area contributed by atoms with Gasteiger partial charge < -0.3 is 15.8 Å². The van der Waals surface area contributed by atoms with Gasteiger partial charge in [-0.15, -0.1) is 11.3 Å². The van der Waals surface area contributed by atoms with E-state index in [0.29, 0.717) is 16.4 Å². The molecule has 0 aliphatic carbocycles. The first kappa shape index (κ1) is 16.4. The number of ether oxygens (including phenoxy) is 1. The summed E-state index contributed by atoms with van der Waals surface area (Å²) in [7, 11) is 1.41. The van der Waals surface area contributed by atoms with Gasteiger partial charge in [0.2, 0.25) is 5.91 Å². The molecular weight excluding hydrogens is 305 g/mol. The fourth-order valence-electron chi connectivity index (χ4n) is 1.78. The van der Waals surface area contributed by atoms with Gasteiger partial charge in [0.15, 0.2) is 16.7 Å². The average molecular weight is 323 g/mol. The first-order chi connectivity index (χ1) is 10.4. The Morgan fingerprint density at radius 1 is 1.45 bits per heavy atom. The number of carbonyl (C=O) groups is 1. The molecule has 1 unspecified atom stereocenters. The first-order valence-corrected chi connectivity index (χ1v) is 7.66. The number of methoxy groups -OCH3 is 1. The minimum atomic E-state index is -0.592. The van der Waals surface area contributed by atoms with Gasteiger partial charge in [-0.25, -0.2) is 9.37 Å². The van der Waals surface area contributed by atoms with Crippen molar-refractivity contribution in [2.75, 3.05) is 12.4 Å². The number of aromatic nitrogens is 1. The van der Waals surface area contributed by atoms with Gasteiger partial charge in [-0.3, -0.25) is 4.79 Å². The lowest BCUT2D eigenvalue weighted by Crippen LogP contribution is -2.39. The van der Waals surface area contributed by atoms with Gasteiger partial charge in [-0.05, 0) is 24.1 Å². The number of nitrogens with one attached hydrogen (secondary N) is 1. The summed E-state index contributed by atoms with van der Waals surface area (Å²) in [4.78, 5) is 16.2. The van der Waals surface area contributed by atoms with Gasteiger partial charge in [0.25, 0.3) is 0 Å². The lowest BCUT2D eigenvalue weighted by atomic mass is 10.1. The van der Waals surface area contributed by atoms with Crippen LogP contribution >= 0.6 is 11.3 Å². The van der Waals surface area contributed by atoms with Crippen LogP contribution in [0, 0.1) is 11.7 Å². The molecular formula is C15H18FN3O2S. The Balaban J connectivity index is 2.15. The Labute approximate surface area is 132 Å². The van der Waals surface area contributed by atoms with Crippen molar-refractivity contribution in [1.29, 1.82) is 0 Å². The van der Waals surface area contributed by atoms with Crippen molar-refractivity contribution in [1.82, 2.24) is 4.98 Å². The molecule has 2 aromatic rings. The van der Waals surface area contributed by atoms with Crippen molar-refractivity contribution in [2.45, 2.75) is 19.9 Å². The second-order valence-electron chi connectivity index (χ2n) is 5.15. The third-order valence-electron chi connectivity index (χ3n) is 3.20. The standard InChI is InChI=1S/C15H18FN3O2S/c1-8(2)13(17)14(20)19-15-18-11(7-22-15)9-4-5-12(21-3)10(16)6-9/h4-8,13H,17H2,1-3H3,(H,18,19,20). The van der Waals surface area contributed by atoms with E-state index in [2.05, 4.69) is 10.3 Å². The fraction of sp³-hybridized carbons (Fsp3) is 0.333. The molecule has 0 saturated carbocycles. The normalized spacial score (nSPS) is 12.3. The predicted molar refractivity (Wildman–Crippen MR) is 85.5 cm³/mol. The number of hydrogen-bond acceptors (Lipinski definition) is 5. The minimum absolute atomic E-state index is 0.0371. The summed E-state index contributed by atoms with van der Waals surface area (Å²) in [6, 6.07) is 4.00. The molecule has 1 amide bonds. The second kappa shape index (κ2) is 6.85. The Morgan fingerprint density at radius 3 is 2.77 bits per heavy atom. The molecule has 0 radical (unpaired) electrons. The van der Waals surface area contributed by atoms with Gasteiger partial charge in [0.05, 0.1) is 18.8 Å². The van der Waals surface area contributed by atoms with E-state index in [9.17, 15) is 9.18 Å². The maximum Gasteiger partial charge on any atom is 0.243 e. The molecule has 0 saturated heterocycles. The Kier molecular flexibility index (Phi) is 5.10. The van der Waals surface area contributed by atoms with Crippen molar-refractivity contribution in [3.8, 4) is 17.0 Å². The first-order valence-electron chi connectivity index (χ1n) is 6.78. The molecule has 0 aliphatic heterocycles. The van der Waals surface area contributed by atoms with E-state index in [4.69, 9.17) is 10.5 Å². The van der Waals surface area contributed by atoms with E-state index in [0.717, 1.165) is 0 Å². The minimum Gasteiger partial charge on any atom is -0.494 e. The van der Waals surface area contributed by atoms with E-state index >= 15 is 0 Å². The van der Waals surface area contributed by atoms with Crippen LogP contribution in [0.4, 0.5) is 9.52 Å². The molecule has 0 fully saturated rings. The molecule has 0 spiro atoms. The molecule has 118 valence electrons. The highest BCUT2D eigenvalue weighted by Crippen LogP contribution is 2.28. The number of nitrogens with two attached hydrogens (primary N) is 1. The molecule has 1 aromatic carbocycles. The summed E-state index contributed by atoms with van der Waals surface area (Å²) in [5.41, 5.74) is 6.98. The third-order valence-corrected chi connectivity index (χ3v) is 3.96. The summed E-state index contributed by atoms with van der Waals surface area (Å²) >= 11 is 1.27. The number of thiazole rings is 1. The maximum absolute atomic E-state index is 13.7. The quantitative estimate of drug-likeness (QED) is 0.887. The van der Waals surface area contributed by atoms with E-state index in [1.807, 2.05) is 13.8 Å². The molecule has 7 heteroatoms. The highest BCUT2D eigenvalue weighted by Gasteiger charge is 2.18. The molecule has 1 atom stereocenters. The number of nitrogens with zero attached hydrogens (tertiary/aromatic N) is 1. The molecule has 0 bridgehead atoms. The van der Waals surface area contributed by atoms with Crippen LogP contribution < -0.4 is 15.8 Å². The fourth-order valence-corrected chi connectivity index (χ4v) is 2.50. The maximum atomic E-state index is 13.7. The SMILES string of the molecule is COc1ccc(-c2csc(NC(=O)C(N)C(C)C)n2)cc1F. The van der Waals surface area contributed by atoms with Gasteiger partial charge in [-0.1, -0.05) is 13.8 Å². The monoisotopic (exact) mass is 323 g/mol. The van der Waals surface area contributed by atoms with Crippen LogP contribution in [0.15, 0.2) is 23.6 Å². The summed E-state index contributed by atoms with van der Waals surface area (Å²) in [6.45, 7) is 3.75. The van der Waals surface area contributed by atoms with Crippen LogP contribution in [0.2, 0.25) is 0 Å². The largest absolute Gasteiger partial charge is 0.494 e. The molecule has 5 nitrogen and oxygen atoms in total. The Morgan fingerprint density at radius 2 is 2.18 bits per heavy atom.